The van der Waals surface area contributed by atoms with E-state index in [1.165, 1.54) is 18.4 Å². The molecule has 1 aromatic heterocycles. The van der Waals surface area contributed by atoms with E-state index in [9.17, 15) is 9.59 Å². The number of hydrogen-bond acceptors (Lipinski definition) is 5. The molecular formula is C14H19NO4S. The third-order valence-electron chi connectivity index (χ3n) is 3.41. The fourth-order valence-corrected chi connectivity index (χ4v) is 3.52. The molecule has 1 amide bonds. The summed E-state index contributed by atoms with van der Waals surface area (Å²) in [7, 11) is 1.35. The highest BCUT2D eigenvalue weighted by atomic mass is 32.1. The molecule has 1 aliphatic heterocycles. The number of carbonyl (C=O) groups is 2. The number of carbonyl (C=O) groups excluding carboxylic acids is 2. The minimum Gasteiger partial charge on any atom is -0.465 e. The number of nitrogens with one attached hydrogen (secondary N) is 1. The van der Waals surface area contributed by atoms with E-state index in [2.05, 4.69) is 5.32 Å². The van der Waals surface area contributed by atoms with Gasteiger partial charge < -0.3 is 14.8 Å². The summed E-state index contributed by atoms with van der Waals surface area (Å²) in [5.41, 5.74) is 1.41. The first kappa shape index (κ1) is 15.0. The summed E-state index contributed by atoms with van der Waals surface area (Å²) in [6.45, 7) is 4.54. The van der Waals surface area contributed by atoms with Gasteiger partial charge in [0.25, 0.3) is 5.91 Å². The highest BCUT2D eigenvalue weighted by Gasteiger charge is 2.27. The zero-order chi connectivity index (χ0) is 14.7. The number of thiophene rings is 1. The van der Waals surface area contributed by atoms with Gasteiger partial charge in [0.05, 0.1) is 12.7 Å². The van der Waals surface area contributed by atoms with Crippen molar-refractivity contribution in [2.45, 2.75) is 39.2 Å². The van der Waals surface area contributed by atoms with Gasteiger partial charge in [0.15, 0.2) is 0 Å². The van der Waals surface area contributed by atoms with E-state index >= 15 is 0 Å². The number of esters is 1. The van der Waals surface area contributed by atoms with Gasteiger partial charge in [0, 0.05) is 11.5 Å². The third kappa shape index (κ3) is 2.86. The summed E-state index contributed by atoms with van der Waals surface area (Å²) >= 11 is 1.41. The van der Waals surface area contributed by atoms with Gasteiger partial charge in [-0.2, -0.15) is 0 Å². The molecule has 0 spiro atoms. The Bertz CT molecular complexity index is 517. The Labute approximate surface area is 122 Å². The van der Waals surface area contributed by atoms with Gasteiger partial charge in [0.1, 0.15) is 11.1 Å². The van der Waals surface area contributed by atoms with E-state index in [0.717, 1.165) is 29.7 Å². The molecule has 6 heteroatoms. The topological polar surface area (TPSA) is 64.6 Å². The minimum atomic E-state index is -0.409. The molecular weight excluding hydrogens is 278 g/mol. The lowest BCUT2D eigenvalue weighted by Gasteiger charge is -2.10. The number of amides is 1. The number of hydrogen-bond donors (Lipinski definition) is 1. The standard InChI is InChI=1S/C14H19NO4S/c1-4-9-8(2)20-13(11(9)14(17)18-3)15-12(16)10-6-5-7-19-10/h10H,4-7H2,1-3H3,(H,15,16). The first-order valence-electron chi connectivity index (χ1n) is 6.71. The maximum absolute atomic E-state index is 12.1. The van der Waals surface area contributed by atoms with Crippen molar-refractivity contribution in [2.75, 3.05) is 19.0 Å². The zero-order valence-electron chi connectivity index (χ0n) is 11.9. The summed E-state index contributed by atoms with van der Waals surface area (Å²) in [5, 5.41) is 3.38. The van der Waals surface area contributed by atoms with Crippen LogP contribution in [0.3, 0.4) is 0 Å². The molecule has 1 atom stereocenters. The normalized spacial score (nSPS) is 18.1. The molecule has 1 aromatic rings. The number of rotatable bonds is 4. The van der Waals surface area contributed by atoms with Crippen LogP contribution < -0.4 is 5.32 Å². The number of anilines is 1. The van der Waals surface area contributed by atoms with E-state index < -0.39 is 12.1 Å². The summed E-state index contributed by atoms with van der Waals surface area (Å²) in [6.07, 6.45) is 1.94. The molecule has 0 bridgehead atoms. The van der Waals surface area contributed by atoms with Crippen LogP contribution in [0, 0.1) is 6.92 Å². The SMILES string of the molecule is CCc1c(C)sc(NC(=O)C2CCCO2)c1C(=O)OC. The molecule has 5 nitrogen and oxygen atoms in total. The molecule has 0 radical (unpaired) electrons. The van der Waals surface area contributed by atoms with E-state index in [0.29, 0.717) is 17.2 Å². The lowest BCUT2D eigenvalue weighted by Crippen LogP contribution is -2.27. The Kier molecular flexibility index (Phi) is 4.77. The van der Waals surface area contributed by atoms with Gasteiger partial charge >= 0.3 is 5.97 Å². The van der Waals surface area contributed by atoms with Crippen molar-refractivity contribution >= 4 is 28.2 Å². The number of aryl methyl sites for hydroxylation is 1. The summed E-state index contributed by atoms with van der Waals surface area (Å²) in [4.78, 5) is 25.1. The minimum absolute atomic E-state index is 0.184. The van der Waals surface area contributed by atoms with Crippen LogP contribution in [0.2, 0.25) is 0 Å². The van der Waals surface area contributed by atoms with E-state index in [1.54, 1.807) is 0 Å². The van der Waals surface area contributed by atoms with Gasteiger partial charge in [-0.25, -0.2) is 4.79 Å². The van der Waals surface area contributed by atoms with Crippen molar-refractivity contribution in [2.24, 2.45) is 0 Å². The molecule has 1 aliphatic rings. The molecule has 1 saturated heterocycles. The summed E-state index contributed by atoms with van der Waals surface area (Å²) in [6, 6.07) is 0. The molecule has 1 unspecified atom stereocenters. The van der Waals surface area contributed by atoms with Crippen LogP contribution >= 0.6 is 11.3 Å². The molecule has 110 valence electrons. The van der Waals surface area contributed by atoms with Gasteiger partial charge in [-0.05, 0) is 31.7 Å². The first-order valence-corrected chi connectivity index (χ1v) is 7.53. The molecule has 0 aliphatic carbocycles. The van der Waals surface area contributed by atoms with Gasteiger partial charge in [-0.1, -0.05) is 6.92 Å². The second kappa shape index (κ2) is 6.37. The largest absolute Gasteiger partial charge is 0.465 e. The monoisotopic (exact) mass is 297 g/mol. The van der Waals surface area contributed by atoms with E-state index in [-0.39, 0.29) is 5.91 Å². The van der Waals surface area contributed by atoms with Crippen LogP contribution in [0.1, 0.15) is 40.6 Å². The second-order valence-electron chi connectivity index (χ2n) is 4.68. The van der Waals surface area contributed by atoms with Crippen molar-refractivity contribution in [1.82, 2.24) is 0 Å². The molecule has 0 aromatic carbocycles. The zero-order valence-corrected chi connectivity index (χ0v) is 12.8. The van der Waals surface area contributed by atoms with Crippen molar-refractivity contribution < 1.29 is 19.1 Å². The van der Waals surface area contributed by atoms with Crippen LogP contribution in [0.4, 0.5) is 5.00 Å². The molecule has 2 rings (SSSR count). The Morgan fingerprint density at radius 2 is 2.25 bits per heavy atom. The van der Waals surface area contributed by atoms with Crippen molar-refractivity contribution in [1.29, 1.82) is 0 Å². The van der Waals surface area contributed by atoms with Crippen molar-refractivity contribution in [3.05, 3.63) is 16.0 Å². The van der Waals surface area contributed by atoms with Gasteiger partial charge in [0.2, 0.25) is 0 Å². The number of ether oxygens (including phenoxy) is 2. The van der Waals surface area contributed by atoms with Crippen molar-refractivity contribution in [3.8, 4) is 0 Å². The average molecular weight is 297 g/mol. The Morgan fingerprint density at radius 3 is 2.80 bits per heavy atom. The Balaban J connectivity index is 2.26. The van der Waals surface area contributed by atoms with Crippen LogP contribution in [-0.4, -0.2) is 31.7 Å². The lowest BCUT2D eigenvalue weighted by atomic mass is 10.1. The first-order chi connectivity index (χ1) is 9.58. The predicted molar refractivity (Wildman–Crippen MR) is 77.4 cm³/mol. The molecule has 1 fully saturated rings. The van der Waals surface area contributed by atoms with Crippen LogP contribution in [0.5, 0.6) is 0 Å². The van der Waals surface area contributed by atoms with Gasteiger partial charge in [-0.15, -0.1) is 11.3 Å². The maximum atomic E-state index is 12.1. The van der Waals surface area contributed by atoms with E-state index in [4.69, 9.17) is 9.47 Å². The predicted octanol–water partition coefficient (Wildman–Crippen LogP) is 2.52. The molecule has 20 heavy (non-hydrogen) atoms. The van der Waals surface area contributed by atoms with Crippen molar-refractivity contribution in [3.63, 3.8) is 0 Å². The van der Waals surface area contributed by atoms with Crippen LogP contribution in [0.15, 0.2) is 0 Å². The quantitative estimate of drug-likeness (QED) is 0.867. The Hall–Kier alpha value is -1.40. The third-order valence-corrected chi connectivity index (χ3v) is 4.47. The maximum Gasteiger partial charge on any atom is 0.341 e. The highest BCUT2D eigenvalue weighted by molar-refractivity contribution is 7.16. The molecule has 2 heterocycles. The fourth-order valence-electron chi connectivity index (χ4n) is 2.39. The average Bonchev–Trinajstić information content (AvgIpc) is 3.05. The molecule has 0 saturated carbocycles. The Morgan fingerprint density at radius 1 is 1.50 bits per heavy atom. The van der Waals surface area contributed by atoms with Crippen LogP contribution in [-0.2, 0) is 20.7 Å². The number of methoxy groups -OCH3 is 1. The fraction of sp³-hybridized carbons (Fsp3) is 0.571. The summed E-state index contributed by atoms with van der Waals surface area (Å²) in [5.74, 6) is -0.592. The molecule has 1 N–H and O–H groups in total. The highest BCUT2D eigenvalue weighted by Crippen LogP contribution is 2.34. The second-order valence-corrected chi connectivity index (χ2v) is 5.90. The van der Waals surface area contributed by atoms with Crippen LogP contribution in [0.25, 0.3) is 0 Å². The van der Waals surface area contributed by atoms with Gasteiger partial charge in [-0.3, -0.25) is 4.79 Å². The lowest BCUT2D eigenvalue weighted by molar-refractivity contribution is -0.124. The smallest absolute Gasteiger partial charge is 0.341 e. The van der Waals surface area contributed by atoms with E-state index in [1.807, 2.05) is 13.8 Å². The summed E-state index contributed by atoms with van der Waals surface area (Å²) < 4.78 is 10.2.